The molecule has 3 rings (SSSR count). The molecular weight excluding hydrogens is 296 g/mol. The molecule has 1 aromatic carbocycles. The van der Waals surface area contributed by atoms with E-state index in [4.69, 9.17) is 4.74 Å². The molecule has 0 spiro atoms. The molecule has 0 aliphatic carbocycles. The van der Waals surface area contributed by atoms with Gasteiger partial charge in [0, 0.05) is 60.3 Å². The van der Waals surface area contributed by atoms with Crippen LogP contribution in [0, 0.1) is 6.92 Å². The van der Waals surface area contributed by atoms with Crippen LogP contribution in [0.15, 0.2) is 18.2 Å². The van der Waals surface area contributed by atoms with Gasteiger partial charge in [-0.2, -0.15) is 11.8 Å². The molecule has 2 aromatic rings. The van der Waals surface area contributed by atoms with Crippen LogP contribution < -0.4 is 4.74 Å². The van der Waals surface area contributed by atoms with Crippen LogP contribution in [0.2, 0.25) is 0 Å². The summed E-state index contributed by atoms with van der Waals surface area (Å²) in [6, 6.07) is 6.07. The Hall–Kier alpha value is -1.17. The second kappa shape index (κ2) is 6.52. The lowest BCUT2D eigenvalue weighted by molar-refractivity contribution is 0.119. The number of rotatable bonds is 4. The zero-order valence-electron chi connectivity index (χ0n) is 13.5. The fraction of sp³-hybridized carbons (Fsp3) is 0.529. The standard InChI is InChI=1S/C17H24N2O2S/c1-12-17(16(20)11-19-6-8-22-9-7-19)14-10-13(21-3)4-5-15(14)18(12)2/h4-5,10,16,20H,6-9,11H2,1-3H3/t16-/m1/s1. The molecule has 22 heavy (non-hydrogen) atoms. The quantitative estimate of drug-likeness (QED) is 0.939. The van der Waals surface area contributed by atoms with E-state index in [1.165, 1.54) is 0 Å². The van der Waals surface area contributed by atoms with E-state index < -0.39 is 6.10 Å². The molecule has 0 unspecified atom stereocenters. The van der Waals surface area contributed by atoms with Crippen molar-refractivity contribution in [2.75, 3.05) is 38.2 Å². The Labute approximate surface area is 136 Å². The molecule has 2 heterocycles. The van der Waals surface area contributed by atoms with E-state index in [9.17, 15) is 5.11 Å². The predicted molar refractivity (Wildman–Crippen MR) is 92.9 cm³/mol. The van der Waals surface area contributed by atoms with Crippen LogP contribution in [0.5, 0.6) is 5.75 Å². The average Bonchev–Trinajstić information content (AvgIpc) is 2.79. The van der Waals surface area contributed by atoms with Crippen LogP contribution in [0.1, 0.15) is 17.4 Å². The highest BCUT2D eigenvalue weighted by molar-refractivity contribution is 7.99. The third-order valence-electron chi connectivity index (χ3n) is 4.62. The van der Waals surface area contributed by atoms with Crippen molar-refractivity contribution < 1.29 is 9.84 Å². The molecule has 5 heteroatoms. The zero-order valence-corrected chi connectivity index (χ0v) is 14.3. The molecular formula is C17H24N2O2S. The summed E-state index contributed by atoms with van der Waals surface area (Å²) in [5.41, 5.74) is 3.30. The number of thioether (sulfide) groups is 1. The topological polar surface area (TPSA) is 37.6 Å². The Kier molecular flexibility index (Phi) is 4.66. The van der Waals surface area contributed by atoms with E-state index in [1.807, 2.05) is 23.9 Å². The average molecular weight is 320 g/mol. The third kappa shape index (κ3) is 2.85. The number of aryl methyl sites for hydroxylation is 1. The van der Waals surface area contributed by atoms with Gasteiger partial charge in [0.25, 0.3) is 0 Å². The predicted octanol–water partition coefficient (Wildman–Crippen LogP) is 2.58. The number of benzene rings is 1. The molecule has 1 N–H and O–H groups in total. The van der Waals surface area contributed by atoms with Crippen LogP contribution in [0.3, 0.4) is 0 Å². The number of methoxy groups -OCH3 is 1. The molecule has 0 amide bonds. The summed E-state index contributed by atoms with van der Waals surface area (Å²) in [4.78, 5) is 2.36. The SMILES string of the molecule is COc1ccc2c(c1)c([C@H](O)CN1CCSCC1)c(C)n2C. The van der Waals surface area contributed by atoms with Crippen LogP contribution >= 0.6 is 11.8 Å². The van der Waals surface area contributed by atoms with Crippen molar-refractivity contribution in [1.29, 1.82) is 0 Å². The first-order valence-electron chi connectivity index (χ1n) is 7.73. The van der Waals surface area contributed by atoms with Gasteiger partial charge in [0.05, 0.1) is 13.2 Å². The minimum Gasteiger partial charge on any atom is -0.497 e. The summed E-state index contributed by atoms with van der Waals surface area (Å²) >= 11 is 1.99. The summed E-state index contributed by atoms with van der Waals surface area (Å²) in [5.74, 6) is 3.16. The number of β-amino-alcohol motifs (C(OH)–C–C–N with tert-alkyl or cyclic N) is 1. The van der Waals surface area contributed by atoms with E-state index >= 15 is 0 Å². The van der Waals surface area contributed by atoms with E-state index in [0.717, 1.165) is 52.5 Å². The van der Waals surface area contributed by atoms with Gasteiger partial charge in [-0.05, 0) is 25.1 Å². The van der Waals surface area contributed by atoms with Gasteiger partial charge in [0.2, 0.25) is 0 Å². The van der Waals surface area contributed by atoms with Crippen molar-refractivity contribution in [3.63, 3.8) is 0 Å². The Bertz CT molecular complexity index is 662. The third-order valence-corrected chi connectivity index (χ3v) is 5.56. The molecule has 1 aromatic heterocycles. The molecule has 1 saturated heterocycles. The van der Waals surface area contributed by atoms with Crippen molar-refractivity contribution in [3.05, 3.63) is 29.5 Å². The highest BCUT2D eigenvalue weighted by atomic mass is 32.2. The minimum absolute atomic E-state index is 0.459. The second-order valence-corrected chi connectivity index (χ2v) is 7.09. The zero-order chi connectivity index (χ0) is 15.7. The number of fused-ring (bicyclic) bond motifs is 1. The number of aliphatic hydroxyl groups is 1. The Morgan fingerprint density at radius 3 is 2.73 bits per heavy atom. The number of ether oxygens (including phenoxy) is 1. The molecule has 1 aliphatic rings. The van der Waals surface area contributed by atoms with E-state index in [0.29, 0.717) is 6.54 Å². The summed E-state index contributed by atoms with van der Waals surface area (Å²) < 4.78 is 7.50. The summed E-state index contributed by atoms with van der Waals surface area (Å²) in [7, 11) is 3.73. The maximum atomic E-state index is 10.8. The van der Waals surface area contributed by atoms with Crippen molar-refractivity contribution in [2.45, 2.75) is 13.0 Å². The van der Waals surface area contributed by atoms with Gasteiger partial charge in [-0.15, -0.1) is 0 Å². The molecule has 0 saturated carbocycles. The van der Waals surface area contributed by atoms with E-state index in [1.54, 1.807) is 7.11 Å². The number of aromatic nitrogens is 1. The summed E-state index contributed by atoms with van der Waals surface area (Å²) in [6.45, 7) is 4.92. The molecule has 1 fully saturated rings. The smallest absolute Gasteiger partial charge is 0.119 e. The van der Waals surface area contributed by atoms with Gasteiger partial charge in [-0.1, -0.05) is 0 Å². The van der Waals surface area contributed by atoms with Crippen molar-refractivity contribution in [3.8, 4) is 5.75 Å². The first-order chi connectivity index (χ1) is 10.6. The summed E-state index contributed by atoms with van der Waals surface area (Å²) in [6.07, 6.45) is -0.459. The lowest BCUT2D eigenvalue weighted by Gasteiger charge is -2.28. The van der Waals surface area contributed by atoms with Gasteiger partial charge in [0.15, 0.2) is 0 Å². The maximum Gasteiger partial charge on any atom is 0.119 e. The van der Waals surface area contributed by atoms with Gasteiger partial charge >= 0.3 is 0 Å². The maximum absolute atomic E-state index is 10.8. The van der Waals surface area contributed by atoms with Crippen LogP contribution in [-0.2, 0) is 7.05 Å². The Morgan fingerprint density at radius 1 is 1.32 bits per heavy atom. The van der Waals surface area contributed by atoms with E-state index in [-0.39, 0.29) is 0 Å². The molecule has 0 radical (unpaired) electrons. The first kappa shape index (κ1) is 15.7. The molecule has 0 bridgehead atoms. The minimum atomic E-state index is -0.459. The largest absolute Gasteiger partial charge is 0.497 e. The van der Waals surface area contributed by atoms with Crippen molar-refractivity contribution >= 4 is 22.7 Å². The van der Waals surface area contributed by atoms with Crippen LogP contribution in [-0.4, -0.2) is 52.8 Å². The molecule has 120 valence electrons. The van der Waals surface area contributed by atoms with Gasteiger partial charge in [-0.3, -0.25) is 4.90 Å². The fourth-order valence-corrected chi connectivity index (χ4v) is 4.23. The lowest BCUT2D eigenvalue weighted by atomic mass is 10.0. The van der Waals surface area contributed by atoms with Gasteiger partial charge in [0.1, 0.15) is 5.75 Å². The van der Waals surface area contributed by atoms with Crippen molar-refractivity contribution in [2.24, 2.45) is 7.05 Å². The van der Waals surface area contributed by atoms with Crippen molar-refractivity contribution in [1.82, 2.24) is 9.47 Å². The normalized spacial score (nSPS) is 17.8. The fourth-order valence-electron chi connectivity index (χ4n) is 3.25. The monoisotopic (exact) mass is 320 g/mol. The second-order valence-electron chi connectivity index (χ2n) is 5.87. The van der Waals surface area contributed by atoms with Crippen LogP contribution in [0.25, 0.3) is 10.9 Å². The lowest BCUT2D eigenvalue weighted by Crippen LogP contribution is -2.36. The van der Waals surface area contributed by atoms with E-state index in [2.05, 4.69) is 29.5 Å². The number of nitrogens with zero attached hydrogens (tertiary/aromatic N) is 2. The van der Waals surface area contributed by atoms with Crippen LogP contribution in [0.4, 0.5) is 0 Å². The molecule has 1 atom stereocenters. The number of aliphatic hydroxyl groups excluding tert-OH is 1. The summed E-state index contributed by atoms with van der Waals surface area (Å²) in [5, 5.41) is 11.9. The Morgan fingerprint density at radius 2 is 2.05 bits per heavy atom. The highest BCUT2D eigenvalue weighted by Crippen LogP contribution is 2.33. The number of hydrogen-bond acceptors (Lipinski definition) is 4. The molecule has 4 nitrogen and oxygen atoms in total. The molecule has 1 aliphatic heterocycles. The number of hydrogen-bond donors (Lipinski definition) is 1. The Balaban J connectivity index is 1.95. The van der Waals surface area contributed by atoms with Gasteiger partial charge in [-0.25, -0.2) is 0 Å². The first-order valence-corrected chi connectivity index (χ1v) is 8.88. The highest BCUT2D eigenvalue weighted by Gasteiger charge is 2.22. The van der Waals surface area contributed by atoms with Gasteiger partial charge < -0.3 is 14.4 Å².